The van der Waals surface area contributed by atoms with Gasteiger partial charge in [-0.15, -0.1) is 0 Å². The molecular formula is C13H21FN2O4S. The number of halogens is 1. The highest BCUT2D eigenvalue weighted by molar-refractivity contribution is 7.89. The summed E-state index contributed by atoms with van der Waals surface area (Å²) in [6.45, 7) is 1.85. The standard InChI is InChI=1S/C13H21FN2O4S/c1-19-6-7-20-5-3-2-4-16-21(17,18)13-9-11(14)8-12(15)10-13/h8-10,16H,2-7,15H2,1H3. The Morgan fingerprint density at radius 2 is 1.95 bits per heavy atom. The van der Waals surface area contributed by atoms with E-state index in [2.05, 4.69) is 4.72 Å². The number of sulfonamides is 1. The monoisotopic (exact) mass is 320 g/mol. The normalized spacial score (nSPS) is 11.7. The van der Waals surface area contributed by atoms with Crippen molar-refractivity contribution in [2.45, 2.75) is 17.7 Å². The minimum absolute atomic E-state index is 0.0712. The lowest BCUT2D eigenvalue weighted by Gasteiger charge is -2.08. The number of anilines is 1. The van der Waals surface area contributed by atoms with Gasteiger partial charge in [-0.05, 0) is 31.0 Å². The summed E-state index contributed by atoms with van der Waals surface area (Å²) in [6, 6.07) is 3.22. The molecule has 3 N–H and O–H groups in total. The molecule has 0 unspecified atom stereocenters. The highest BCUT2D eigenvalue weighted by Gasteiger charge is 2.14. The highest BCUT2D eigenvalue weighted by atomic mass is 32.2. The van der Waals surface area contributed by atoms with Gasteiger partial charge >= 0.3 is 0 Å². The third-order valence-electron chi connectivity index (χ3n) is 2.64. The van der Waals surface area contributed by atoms with Gasteiger partial charge in [-0.1, -0.05) is 0 Å². The molecule has 120 valence electrons. The van der Waals surface area contributed by atoms with Crippen molar-refractivity contribution in [2.75, 3.05) is 39.2 Å². The van der Waals surface area contributed by atoms with Crippen molar-refractivity contribution in [3.8, 4) is 0 Å². The average molecular weight is 320 g/mol. The fourth-order valence-corrected chi connectivity index (χ4v) is 2.74. The van der Waals surface area contributed by atoms with Crippen LogP contribution in [0, 0.1) is 5.82 Å². The van der Waals surface area contributed by atoms with Crippen LogP contribution in [-0.2, 0) is 19.5 Å². The van der Waals surface area contributed by atoms with Crippen molar-refractivity contribution in [3.63, 3.8) is 0 Å². The number of benzene rings is 1. The zero-order chi connectivity index (χ0) is 15.7. The molecule has 0 saturated heterocycles. The second kappa shape index (κ2) is 8.93. The summed E-state index contributed by atoms with van der Waals surface area (Å²) in [4.78, 5) is -0.170. The minimum Gasteiger partial charge on any atom is -0.399 e. The van der Waals surface area contributed by atoms with E-state index in [1.54, 1.807) is 7.11 Å². The second-order valence-electron chi connectivity index (χ2n) is 4.43. The summed E-state index contributed by atoms with van der Waals surface area (Å²) in [7, 11) is -2.14. The number of rotatable bonds is 10. The molecular weight excluding hydrogens is 299 g/mol. The summed E-state index contributed by atoms with van der Waals surface area (Å²) < 4.78 is 49.5. The highest BCUT2D eigenvalue weighted by Crippen LogP contribution is 2.15. The lowest BCUT2D eigenvalue weighted by Crippen LogP contribution is -2.25. The van der Waals surface area contributed by atoms with Gasteiger partial charge in [0.15, 0.2) is 0 Å². The zero-order valence-corrected chi connectivity index (χ0v) is 12.8. The third kappa shape index (κ3) is 6.85. The first-order chi connectivity index (χ1) is 9.95. The Morgan fingerprint density at radius 3 is 2.62 bits per heavy atom. The van der Waals surface area contributed by atoms with E-state index in [1.165, 1.54) is 6.07 Å². The number of nitrogens with one attached hydrogen (secondary N) is 1. The van der Waals surface area contributed by atoms with Crippen molar-refractivity contribution in [1.82, 2.24) is 4.72 Å². The number of methoxy groups -OCH3 is 1. The molecule has 0 atom stereocenters. The average Bonchev–Trinajstić information content (AvgIpc) is 2.40. The van der Waals surface area contributed by atoms with Gasteiger partial charge in [0.25, 0.3) is 0 Å². The molecule has 1 aromatic rings. The molecule has 0 amide bonds. The van der Waals surface area contributed by atoms with Gasteiger partial charge in [-0.3, -0.25) is 0 Å². The Kier molecular flexibility index (Phi) is 7.58. The van der Waals surface area contributed by atoms with Gasteiger partial charge in [0.1, 0.15) is 5.82 Å². The molecule has 0 fully saturated rings. The topological polar surface area (TPSA) is 90.6 Å². The molecule has 6 nitrogen and oxygen atoms in total. The number of ether oxygens (including phenoxy) is 2. The number of hydrogen-bond donors (Lipinski definition) is 2. The molecule has 1 rings (SSSR count). The SMILES string of the molecule is COCCOCCCCNS(=O)(=O)c1cc(N)cc(F)c1. The van der Waals surface area contributed by atoms with E-state index in [0.29, 0.717) is 26.2 Å². The lowest BCUT2D eigenvalue weighted by molar-refractivity contribution is 0.0689. The van der Waals surface area contributed by atoms with Crippen LogP contribution >= 0.6 is 0 Å². The molecule has 0 aliphatic carbocycles. The fourth-order valence-electron chi connectivity index (χ4n) is 1.60. The number of hydrogen-bond acceptors (Lipinski definition) is 5. The summed E-state index contributed by atoms with van der Waals surface area (Å²) >= 11 is 0. The van der Waals surface area contributed by atoms with Crippen LogP contribution in [0.15, 0.2) is 23.1 Å². The van der Waals surface area contributed by atoms with Crippen molar-refractivity contribution in [1.29, 1.82) is 0 Å². The van der Waals surface area contributed by atoms with Gasteiger partial charge in [-0.25, -0.2) is 17.5 Å². The summed E-state index contributed by atoms with van der Waals surface area (Å²) in [5, 5.41) is 0. The van der Waals surface area contributed by atoms with E-state index < -0.39 is 15.8 Å². The first-order valence-electron chi connectivity index (χ1n) is 6.58. The number of nitrogens with two attached hydrogens (primary N) is 1. The molecule has 8 heteroatoms. The Hall–Kier alpha value is -1.22. The maximum Gasteiger partial charge on any atom is 0.240 e. The fraction of sp³-hybridized carbons (Fsp3) is 0.538. The third-order valence-corrected chi connectivity index (χ3v) is 4.08. The van der Waals surface area contributed by atoms with Crippen LogP contribution in [-0.4, -0.2) is 41.9 Å². The molecule has 0 radical (unpaired) electrons. The molecule has 0 aliphatic heterocycles. The summed E-state index contributed by atoms with van der Waals surface area (Å²) in [6.07, 6.45) is 1.34. The van der Waals surface area contributed by atoms with Crippen molar-refractivity contribution in [2.24, 2.45) is 0 Å². The maximum atomic E-state index is 13.1. The summed E-state index contributed by atoms with van der Waals surface area (Å²) in [5.41, 5.74) is 5.50. The zero-order valence-electron chi connectivity index (χ0n) is 12.0. The molecule has 0 aliphatic rings. The van der Waals surface area contributed by atoms with Crippen molar-refractivity contribution in [3.05, 3.63) is 24.0 Å². The first kappa shape index (κ1) is 17.8. The van der Waals surface area contributed by atoms with Crippen LogP contribution in [0.5, 0.6) is 0 Å². The molecule has 0 saturated carbocycles. The molecule has 0 aromatic heterocycles. The van der Waals surface area contributed by atoms with E-state index in [9.17, 15) is 12.8 Å². The van der Waals surface area contributed by atoms with Crippen LogP contribution < -0.4 is 10.5 Å². The quantitative estimate of drug-likeness (QED) is 0.498. The van der Waals surface area contributed by atoms with Crippen LogP contribution in [0.2, 0.25) is 0 Å². The Morgan fingerprint density at radius 1 is 1.19 bits per heavy atom. The van der Waals surface area contributed by atoms with Crippen molar-refractivity contribution >= 4 is 15.7 Å². The van der Waals surface area contributed by atoms with E-state index in [0.717, 1.165) is 18.6 Å². The predicted octanol–water partition coefficient (Wildman–Crippen LogP) is 1.13. The second-order valence-corrected chi connectivity index (χ2v) is 6.20. The van der Waals surface area contributed by atoms with E-state index in [-0.39, 0.29) is 17.1 Å². The van der Waals surface area contributed by atoms with Crippen molar-refractivity contribution < 1.29 is 22.3 Å². The van der Waals surface area contributed by atoms with Gasteiger partial charge in [-0.2, -0.15) is 0 Å². The van der Waals surface area contributed by atoms with Gasteiger partial charge < -0.3 is 15.2 Å². The molecule has 0 heterocycles. The molecule has 0 bridgehead atoms. The molecule has 0 spiro atoms. The first-order valence-corrected chi connectivity index (χ1v) is 8.06. The minimum atomic E-state index is -3.74. The van der Waals surface area contributed by atoms with Crippen LogP contribution in [0.3, 0.4) is 0 Å². The maximum absolute atomic E-state index is 13.1. The van der Waals surface area contributed by atoms with Gasteiger partial charge in [0.05, 0.1) is 18.1 Å². The Bertz CT molecular complexity index is 517. The van der Waals surface area contributed by atoms with Crippen LogP contribution in [0.4, 0.5) is 10.1 Å². The molecule has 1 aromatic carbocycles. The Labute approximate surface area is 124 Å². The predicted molar refractivity (Wildman–Crippen MR) is 77.9 cm³/mol. The number of nitrogen functional groups attached to an aromatic ring is 1. The number of unbranched alkanes of at least 4 members (excludes halogenated alkanes) is 1. The van der Waals surface area contributed by atoms with E-state index in [1.807, 2.05) is 0 Å². The smallest absolute Gasteiger partial charge is 0.240 e. The van der Waals surface area contributed by atoms with Crippen LogP contribution in [0.1, 0.15) is 12.8 Å². The van der Waals surface area contributed by atoms with E-state index >= 15 is 0 Å². The molecule has 21 heavy (non-hydrogen) atoms. The van der Waals surface area contributed by atoms with Gasteiger partial charge in [0, 0.05) is 25.9 Å². The largest absolute Gasteiger partial charge is 0.399 e. The lowest BCUT2D eigenvalue weighted by atomic mass is 10.3. The summed E-state index contributed by atoms with van der Waals surface area (Å²) in [5.74, 6) is -0.679. The Balaban J connectivity index is 2.33. The van der Waals surface area contributed by atoms with Gasteiger partial charge in [0.2, 0.25) is 10.0 Å². The van der Waals surface area contributed by atoms with E-state index in [4.69, 9.17) is 15.2 Å². The van der Waals surface area contributed by atoms with Crippen LogP contribution in [0.25, 0.3) is 0 Å².